The zero-order chi connectivity index (χ0) is 16.9. The fourth-order valence-corrected chi connectivity index (χ4v) is 3.68. The summed E-state index contributed by atoms with van der Waals surface area (Å²) in [7, 11) is -3.28. The van der Waals surface area contributed by atoms with Gasteiger partial charge in [0.05, 0.1) is 22.0 Å². The lowest BCUT2D eigenvalue weighted by Gasteiger charge is -2.22. The van der Waals surface area contributed by atoms with Crippen LogP contribution in [0.5, 0.6) is 5.75 Å². The lowest BCUT2D eigenvalue weighted by atomic mass is 10.1. The van der Waals surface area contributed by atoms with Crippen LogP contribution >= 0.6 is 0 Å². The van der Waals surface area contributed by atoms with Crippen LogP contribution in [-0.4, -0.2) is 24.2 Å². The van der Waals surface area contributed by atoms with Gasteiger partial charge in [0.25, 0.3) is 0 Å². The number of aryl methyl sites for hydroxylation is 1. The number of imidazole rings is 1. The van der Waals surface area contributed by atoms with E-state index in [-0.39, 0.29) is 4.90 Å². The van der Waals surface area contributed by atoms with Gasteiger partial charge in [-0.05, 0) is 19.1 Å². The zero-order valence-electron chi connectivity index (χ0n) is 13.4. The highest BCUT2D eigenvalue weighted by Gasteiger charge is 2.25. The van der Waals surface area contributed by atoms with Gasteiger partial charge >= 0.3 is 0 Å². The van der Waals surface area contributed by atoms with Crippen LogP contribution in [0, 0.1) is 6.92 Å². The predicted octanol–water partition coefficient (Wildman–Crippen LogP) is 3.14. The topological polar surface area (TPSA) is 61.2 Å². The minimum atomic E-state index is -3.28. The molecule has 0 unspecified atom stereocenters. The van der Waals surface area contributed by atoms with Gasteiger partial charge in [-0.1, -0.05) is 30.3 Å². The van der Waals surface area contributed by atoms with Crippen LogP contribution in [0.15, 0.2) is 53.4 Å². The second-order valence-corrected chi connectivity index (χ2v) is 7.87. The summed E-state index contributed by atoms with van der Waals surface area (Å²) in [6.45, 7) is 2.28. The quantitative estimate of drug-likeness (QED) is 0.719. The summed E-state index contributed by atoms with van der Waals surface area (Å²) in [6, 6.07) is 15.0. The van der Waals surface area contributed by atoms with E-state index in [0.717, 1.165) is 28.5 Å². The number of hydrogen-bond donors (Lipinski definition) is 0. The fourth-order valence-electron chi connectivity index (χ4n) is 3.05. The van der Waals surface area contributed by atoms with Crippen molar-refractivity contribution in [3.63, 3.8) is 0 Å². The first-order valence-electron chi connectivity index (χ1n) is 7.56. The predicted molar refractivity (Wildman–Crippen MR) is 91.2 cm³/mol. The van der Waals surface area contributed by atoms with Crippen LogP contribution in [0.25, 0.3) is 16.9 Å². The van der Waals surface area contributed by atoms with Crippen molar-refractivity contribution in [2.45, 2.75) is 18.4 Å². The van der Waals surface area contributed by atoms with Crippen molar-refractivity contribution >= 4 is 9.84 Å². The average Bonchev–Trinajstić information content (AvgIpc) is 2.90. The summed E-state index contributed by atoms with van der Waals surface area (Å²) < 4.78 is 31.4. The van der Waals surface area contributed by atoms with Crippen LogP contribution < -0.4 is 4.74 Å². The van der Waals surface area contributed by atoms with E-state index in [2.05, 4.69) is 9.55 Å². The molecule has 24 heavy (non-hydrogen) atoms. The highest BCUT2D eigenvalue weighted by Crippen LogP contribution is 2.37. The van der Waals surface area contributed by atoms with E-state index in [1.165, 1.54) is 6.26 Å². The molecular weight excluding hydrogens is 324 g/mol. The zero-order valence-corrected chi connectivity index (χ0v) is 14.2. The molecular formula is C18H16N2O3S. The Bertz CT molecular complexity index is 1040. The van der Waals surface area contributed by atoms with Gasteiger partial charge in [0.15, 0.2) is 15.7 Å². The molecule has 0 amide bonds. The smallest absolute Gasteiger partial charge is 0.175 e. The van der Waals surface area contributed by atoms with E-state index in [1.807, 2.05) is 37.3 Å². The van der Waals surface area contributed by atoms with Crippen molar-refractivity contribution < 1.29 is 13.2 Å². The van der Waals surface area contributed by atoms with Gasteiger partial charge in [-0.3, -0.25) is 4.57 Å². The lowest BCUT2D eigenvalue weighted by molar-refractivity contribution is 0.279. The second-order valence-electron chi connectivity index (χ2n) is 5.85. The molecule has 0 fully saturated rings. The normalized spacial score (nSPS) is 13.1. The summed E-state index contributed by atoms with van der Waals surface area (Å²) >= 11 is 0. The van der Waals surface area contributed by atoms with E-state index < -0.39 is 9.84 Å². The third kappa shape index (κ3) is 2.30. The van der Waals surface area contributed by atoms with Crippen LogP contribution in [0.3, 0.4) is 0 Å². The van der Waals surface area contributed by atoms with Gasteiger partial charge in [-0.25, -0.2) is 13.4 Å². The molecule has 2 aromatic carbocycles. The Morgan fingerprint density at radius 1 is 1.12 bits per heavy atom. The Kier molecular flexibility index (Phi) is 3.25. The molecule has 0 spiro atoms. The molecule has 1 aliphatic rings. The summed E-state index contributed by atoms with van der Waals surface area (Å²) in [5, 5.41) is 0. The maximum atomic E-state index is 11.8. The van der Waals surface area contributed by atoms with Crippen molar-refractivity contribution in [1.29, 1.82) is 0 Å². The van der Waals surface area contributed by atoms with E-state index in [9.17, 15) is 8.42 Å². The minimum Gasteiger partial charge on any atom is -0.483 e. The van der Waals surface area contributed by atoms with Crippen LogP contribution in [0.2, 0.25) is 0 Å². The first kappa shape index (κ1) is 15.0. The maximum absolute atomic E-state index is 11.8. The van der Waals surface area contributed by atoms with Gasteiger partial charge in [0, 0.05) is 17.9 Å². The molecule has 5 nitrogen and oxygen atoms in total. The highest BCUT2D eigenvalue weighted by molar-refractivity contribution is 7.90. The lowest BCUT2D eigenvalue weighted by Crippen LogP contribution is -2.14. The van der Waals surface area contributed by atoms with Gasteiger partial charge in [-0.2, -0.15) is 0 Å². The largest absolute Gasteiger partial charge is 0.483 e. The van der Waals surface area contributed by atoms with E-state index in [4.69, 9.17) is 4.74 Å². The summed E-state index contributed by atoms with van der Waals surface area (Å²) in [5.74, 6) is 1.37. The van der Waals surface area contributed by atoms with E-state index in [0.29, 0.717) is 12.4 Å². The summed E-state index contributed by atoms with van der Waals surface area (Å²) in [6.07, 6.45) is 1.19. The third-order valence-corrected chi connectivity index (χ3v) is 5.24. The number of sulfone groups is 1. The molecule has 0 saturated heterocycles. The molecule has 1 aliphatic heterocycles. The number of aromatic nitrogens is 2. The molecule has 1 aromatic heterocycles. The molecule has 6 heteroatoms. The highest BCUT2D eigenvalue weighted by atomic mass is 32.2. The average molecular weight is 340 g/mol. The standard InChI is InChI=1S/C18H16N2O3S/c1-12-18(13-6-4-3-5-7-13)20-15-9-8-14(24(2,21)22)10-16(15)23-11-17(20)19-12/h3-10H,11H2,1-2H3. The van der Waals surface area contributed by atoms with E-state index in [1.54, 1.807) is 18.2 Å². The first-order valence-corrected chi connectivity index (χ1v) is 9.45. The Hall–Kier alpha value is -2.60. The molecule has 122 valence electrons. The second kappa shape index (κ2) is 5.21. The number of ether oxygens (including phenoxy) is 1. The number of benzene rings is 2. The Morgan fingerprint density at radius 3 is 2.58 bits per heavy atom. The first-order chi connectivity index (χ1) is 11.4. The van der Waals surface area contributed by atoms with Crippen LogP contribution in [0.1, 0.15) is 11.5 Å². The molecule has 0 radical (unpaired) electrons. The van der Waals surface area contributed by atoms with Crippen molar-refractivity contribution in [3.8, 4) is 22.7 Å². The Balaban J connectivity index is 1.96. The minimum absolute atomic E-state index is 0.253. The molecule has 0 N–H and O–H groups in total. The monoisotopic (exact) mass is 340 g/mol. The fraction of sp³-hybridized carbons (Fsp3) is 0.167. The summed E-state index contributed by atoms with van der Waals surface area (Å²) in [4.78, 5) is 4.87. The molecule has 0 saturated carbocycles. The third-order valence-electron chi connectivity index (χ3n) is 4.13. The molecule has 0 aliphatic carbocycles. The van der Waals surface area contributed by atoms with Crippen molar-refractivity contribution in [3.05, 3.63) is 60.0 Å². The SMILES string of the molecule is Cc1nc2n(c1-c1ccccc1)-c1ccc(S(C)(=O)=O)cc1OC2. The van der Waals surface area contributed by atoms with E-state index >= 15 is 0 Å². The number of fused-ring (bicyclic) bond motifs is 3. The number of rotatable bonds is 2. The maximum Gasteiger partial charge on any atom is 0.175 e. The van der Waals surface area contributed by atoms with Crippen molar-refractivity contribution in [1.82, 2.24) is 9.55 Å². The Morgan fingerprint density at radius 2 is 1.88 bits per heavy atom. The molecule has 3 aromatic rings. The van der Waals surface area contributed by atoms with Crippen LogP contribution in [0.4, 0.5) is 0 Å². The van der Waals surface area contributed by atoms with Gasteiger partial charge in [0.2, 0.25) is 0 Å². The molecule has 0 atom stereocenters. The molecule has 4 rings (SSSR count). The van der Waals surface area contributed by atoms with Crippen molar-refractivity contribution in [2.75, 3.05) is 6.26 Å². The molecule has 2 heterocycles. The van der Waals surface area contributed by atoms with Gasteiger partial charge in [0.1, 0.15) is 12.4 Å². The van der Waals surface area contributed by atoms with Gasteiger partial charge in [-0.15, -0.1) is 0 Å². The number of nitrogens with zero attached hydrogens (tertiary/aromatic N) is 2. The Labute approximate surface area is 140 Å². The summed E-state index contributed by atoms with van der Waals surface area (Å²) in [5.41, 5.74) is 3.79. The van der Waals surface area contributed by atoms with Crippen molar-refractivity contribution in [2.24, 2.45) is 0 Å². The number of hydrogen-bond acceptors (Lipinski definition) is 4. The van der Waals surface area contributed by atoms with Crippen LogP contribution in [-0.2, 0) is 16.4 Å². The van der Waals surface area contributed by atoms with Gasteiger partial charge < -0.3 is 4.74 Å². The molecule has 0 bridgehead atoms.